The van der Waals surface area contributed by atoms with Crippen LogP contribution in [0, 0.1) is 19.7 Å². The summed E-state index contributed by atoms with van der Waals surface area (Å²) in [5.74, 6) is -1.36. The van der Waals surface area contributed by atoms with Crippen molar-refractivity contribution in [2.24, 2.45) is 0 Å². The number of piperazine rings is 1. The van der Waals surface area contributed by atoms with Crippen LogP contribution in [0.4, 0.5) is 14.9 Å². The van der Waals surface area contributed by atoms with Crippen LogP contribution < -0.4 is 5.32 Å². The van der Waals surface area contributed by atoms with Crippen LogP contribution >= 0.6 is 0 Å². The van der Waals surface area contributed by atoms with Crippen molar-refractivity contribution in [3.63, 3.8) is 0 Å². The zero-order chi connectivity index (χ0) is 23.5. The van der Waals surface area contributed by atoms with Crippen molar-refractivity contribution in [1.29, 1.82) is 0 Å². The van der Waals surface area contributed by atoms with Gasteiger partial charge in [-0.1, -0.05) is 24.3 Å². The Morgan fingerprint density at radius 1 is 0.970 bits per heavy atom. The summed E-state index contributed by atoms with van der Waals surface area (Å²) in [7, 11) is 0. The Hall–Kier alpha value is -3.42. The lowest BCUT2D eigenvalue weighted by Gasteiger charge is -2.42. The van der Waals surface area contributed by atoms with Crippen molar-refractivity contribution in [2.75, 3.05) is 31.5 Å². The monoisotopic (exact) mass is 452 g/mol. The average Bonchev–Trinajstić information content (AvgIpc) is 2.81. The predicted molar refractivity (Wildman–Crippen MR) is 123 cm³/mol. The zero-order valence-corrected chi connectivity index (χ0v) is 19.0. The van der Waals surface area contributed by atoms with Crippen LogP contribution in [0.25, 0.3) is 0 Å². The number of aryl methyl sites for hydroxylation is 1. The number of urea groups is 1. The number of amides is 4. The van der Waals surface area contributed by atoms with E-state index in [-0.39, 0.29) is 24.4 Å². The standard InChI is InChI=1S/C25H29FN4O3/c1-17-4-3-5-22(18(17)2)27-25(33)28-12-10-21(11-13-28)30-15-14-29(23(31)24(30)32)16-19-6-8-20(26)9-7-19/h3-9,21H,10-16H2,1-2H3,(H,27,33). The fourth-order valence-corrected chi connectivity index (χ4v) is 4.46. The maximum absolute atomic E-state index is 13.1. The van der Waals surface area contributed by atoms with E-state index in [1.807, 2.05) is 32.0 Å². The SMILES string of the molecule is Cc1cccc(NC(=O)N2CCC(N3CCN(Cc4ccc(F)cc4)C(=O)C3=O)CC2)c1C. The predicted octanol–water partition coefficient (Wildman–Crippen LogP) is 3.31. The van der Waals surface area contributed by atoms with E-state index in [1.54, 1.807) is 21.9 Å². The number of piperidine rings is 1. The molecule has 0 atom stereocenters. The van der Waals surface area contributed by atoms with Gasteiger partial charge in [0.05, 0.1) is 0 Å². The maximum atomic E-state index is 13.1. The molecule has 0 radical (unpaired) electrons. The molecule has 0 aromatic heterocycles. The highest BCUT2D eigenvalue weighted by Gasteiger charge is 2.38. The van der Waals surface area contributed by atoms with Gasteiger partial charge in [0, 0.05) is 44.5 Å². The van der Waals surface area contributed by atoms with Gasteiger partial charge < -0.3 is 20.0 Å². The van der Waals surface area contributed by atoms with Gasteiger partial charge in [0.1, 0.15) is 5.82 Å². The van der Waals surface area contributed by atoms with Crippen LogP contribution in [-0.2, 0) is 16.1 Å². The molecular weight excluding hydrogens is 423 g/mol. The largest absolute Gasteiger partial charge is 0.330 e. The summed E-state index contributed by atoms with van der Waals surface area (Å²) in [5.41, 5.74) is 3.76. The topological polar surface area (TPSA) is 73.0 Å². The van der Waals surface area contributed by atoms with Crippen LogP contribution in [-0.4, -0.2) is 64.8 Å². The number of hydrogen-bond donors (Lipinski definition) is 1. The third-order valence-corrected chi connectivity index (χ3v) is 6.67. The Kier molecular flexibility index (Phi) is 6.62. The molecule has 4 amide bonds. The summed E-state index contributed by atoms with van der Waals surface area (Å²) in [6.07, 6.45) is 1.27. The number of carbonyl (C=O) groups excluding carboxylic acids is 3. The van der Waals surface area contributed by atoms with Gasteiger partial charge in [-0.25, -0.2) is 9.18 Å². The maximum Gasteiger partial charge on any atom is 0.321 e. The Morgan fingerprint density at radius 3 is 2.36 bits per heavy atom. The van der Waals surface area contributed by atoms with Crippen molar-refractivity contribution >= 4 is 23.5 Å². The van der Waals surface area contributed by atoms with Crippen molar-refractivity contribution in [2.45, 2.75) is 39.3 Å². The molecule has 2 heterocycles. The molecule has 33 heavy (non-hydrogen) atoms. The van der Waals surface area contributed by atoms with Gasteiger partial charge in [-0.05, 0) is 61.6 Å². The highest BCUT2D eigenvalue weighted by Crippen LogP contribution is 2.23. The molecule has 2 fully saturated rings. The molecule has 2 aliphatic heterocycles. The minimum absolute atomic E-state index is 0.0563. The number of nitrogens with one attached hydrogen (secondary N) is 1. The van der Waals surface area contributed by atoms with Gasteiger partial charge in [0.25, 0.3) is 0 Å². The molecule has 8 heteroatoms. The minimum Gasteiger partial charge on any atom is -0.330 e. The van der Waals surface area contributed by atoms with Crippen LogP contribution in [0.5, 0.6) is 0 Å². The Labute approximate surface area is 193 Å². The first-order chi connectivity index (χ1) is 15.8. The lowest BCUT2D eigenvalue weighted by atomic mass is 10.0. The van der Waals surface area contributed by atoms with Crippen molar-refractivity contribution in [3.05, 3.63) is 65.0 Å². The first-order valence-electron chi connectivity index (χ1n) is 11.3. The number of carbonyl (C=O) groups is 3. The fourth-order valence-electron chi connectivity index (χ4n) is 4.46. The Balaban J connectivity index is 1.30. The van der Waals surface area contributed by atoms with E-state index in [9.17, 15) is 18.8 Å². The molecule has 2 aromatic carbocycles. The van der Waals surface area contributed by atoms with Crippen molar-refractivity contribution in [3.8, 4) is 0 Å². The van der Waals surface area contributed by atoms with Crippen LogP contribution in [0.3, 0.4) is 0 Å². The summed E-state index contributed by atoms with van der Waals surface area (Å²) >= 11 is 0. The number of likely N-dealkylation sites (tertiary alicyclic amines) is 1. The number of halogens is 1. The summed E-state index contributed by atoms with van der Waals surface area (Å²) in [4.78, 5) is 43.1. The number of hydrogen-bond acceptors (Lipinski definition) is 3. The molecule has 2 aromatic rings. The van der Waals surface area contributed by atoms with E-state index >= 15 is 0 Å². The van der Waals surface area contributed by atoms with Crippen LogP contribution in [0.2, 0.25) is 0 Å². The summed E-state index contributed by atoms with van der Waals surface area (Å²) in [6, 6.07) is 11.6. The van der Waals surface area contributed by atoms with E-state index in [0.717, 1.165) is 22.4 Å². The van der Waals surface area contributed by atoms with E-state index < -0.39 is 11.8 Å². The van der Waals surface area contributed by atoms with Crippen molar-refractivity contribution < 1.29 is 18.8 Å². The van der Waals surface area contributed by atoms with Crippen molar-refractivity contribution in [1.82, 2.24) is 14.7 Å². The average molecular weight is 453 g/mol. The summed E-state index contributed by atoms with van der Waals surface area (Å²) in [5, 5.41) is 2.99. The molecular formula is C25H29FN4O3. The second-order valence-electron chi connectivity index (χ2n) is 8.75. The normalized spacial score (nSPS) is 17.5. The highest BCUT2D eigenvalue weighted by atomic mass is 19.1. The van der Waals surface area contributed by atoms with Gasteiger partial charge in [0.15, 0.2) is 0 Å². The Bertz CT molecular complexity index is 1050. The molecule has 4 rings (SSSR count). The molecule has 7 nitrogen and oxygen atoms in total. The zero-order valence-electron chi connectivity index (χ0n) is 19.0. The highest BCUT2D eigenvalue weighted by molar-refractivity contribution is 6.35. The first-order valence-corrected chi connectivity index (χ1v) is 11.3. The number of benzene rings is 2. The lowest BCUT2D eigenvalue weighted by molar-refractivity contribution is -0.158. The summed E-state index contributed by atoms with van der Waals surface area (Å²) in [6.45, 7) is 6.23. The molecule has 0 aliphatic carbocycles. The van der Waals surface area contributed by atoms with Gasteiger partial charge in [0.2, 0.25) is 0 Å². The smallest absolute Gasteiger partial charge is 0.321 e. The minimum atomic E-state index is -0.527. The second kappa shape index (κ2) is 9.60. The molecule has 0 unspecified atom stereocenters. The molecule has 0 bridgehead atoms. The van der Waals surface area contributed by atoms with E-state index in [1.165, 1.54) is 17.0 Å². The molecule has 0 spiro atoms. The molecule has 2 aliphatic rings. The lowest BCUT2D eigenvalue weighted by Crippen LogP contribution is -2.59. The summed E-state index contributed by atoms with van der Waals surface area (Å²) < 4.78 is 13.1. The third-order valence-electron chi connectivity index (χ3n) is 6.67. The third kappa shape index (κ3) is 4.99. The molecule has 174 valence electrons. The van der Waals surface area contributed by atoms with Gasteiger partial charge in [-0.2, -0.15) is 0 Å². The molecule has 0 saturated carbocycles. The van der Waals surface area contributed by atoms with E-state index in [4.69, 9.17) is 0 Å². The second-order valence-corrected chi connectivity index (χ2v) is 8.75. The van der Waals surface area contributed by atoms with Gasteiger partial charge >= 0.3 is 17.8 Å². The molecule has 1 N–H and O–H groups in total. The quantitative estimate of drug-likeness (QED) is 0.724. The fraction of sp³-hybridized carbons (Fsp3) is 0.400. The molecule has 2 saturated heterocycles. The van der Waals surface area contributed by atoms with Gasteiger partial charge in [-0.15, -0.1) is 0 Å². The first kappa shape index (κ1) is 22.8. The van der Waals surface area contributed by atoms with Crippen LogP contribution in [0.1, 0.15) is 29.5 Å². The van der Waals surface area contributed by atoms with E-state index in [2.05, 4.69) is 5.32 Å². The van der Waals surface area contributed by atoms with Gasteiger partial charge in [-0.3, -0.25) is 9.59 Å². The number of anilines is 1. The van der Waals surface area contributed by atoms with E-state index in [0.29, 0.717) is 39.0 Å². The number of nitrogens with zero attached hydrogens (tertiary/aromatic N) is 3. The Morgan fingerprint density at radius 2 is 1.67 bits per heavy atom. The number of rotatable bonds is 4. The van der Waals surface area contributed by atoms with Crippen LogP contribution in [0.15, 0.2) is 42.5 Å².